The summed E-state index contributed by atoms with van der Waals surface area (Å²) < 4.78 is 2.41. The highest BCUT2D eigenvalue weighted by Crippen LogP contribution is 2.34. The number of hydrogen-bond donors (Lipinski definition) is 1. The quantitative estimate of drug-likeness (QED) is 0.861. The summed E-state index contributed by atoms with van der Waals surface area (Å²) in [6, 6.07) is 0. The number of nitrogens with one attached hydrogen (secondary N) is 1. The first-order valence-corrected chi connectivity index (χ1v) is 9.24. The monoisotopic (exact) mass is 320 g/mol. The van der Waals surface area contributed by atoms with E-state index in [1.807, 2.05) is 0 Å². The molecule has 0 radical (unpaired) electrons. The molecule has 0 amide bonds. The molecule has 0 bridgehead atoms. The van der Waals surface area contributed by atoms with Crippen molar-refractivity contribution in [2.75, 3.05) is 0 Å². The minimum atomic E-state index is 0.146. The molecule has 3 nitrogen and oxygen atoms in total. The second-order valence-corrected chi connectivity index (χ2v) is 7.88. The van der Waals surface area contributed by atoms with Crippen LogP contribution >= 0.6 is 23.6 Å². The molecule has 2 heterocycles. The van der Waals surface area contributed by atoms with Gasteiger partial charge in [0.1, 0.15) is 4.83 Å². The number of aromatic nitrogens is 2. The van der Waals surface area contributed by atoms with Crippen molar-refractivity contribution in [3.05, 3.63) is 25.6 Å². The van der Waals surface area contributed by atoms with E-state index in [1.165, 1.54) is 42.5 Å². The van der Waals surface area contributed by atoms with Gasteiger partial charge in [-0.2, -0.15) is 0 Å². The van der Waals surface area contributed by atoms with E-state index in [2.05, 4.69) is 4.98 Å². The summed E-state index contributed by atoms with van der Waals surface area (Å²) in [6.45, 7) is 0.777. The average Bonchev–Trinajstić information content (AvgIpc) is 2.78. The lowest BCUT2D eigenvalue weighted by atomic mass is 9.83. The van der Waals surface area contributed by atoms with E-state index in [4.69, 9.17) is 12.2 Å². The van der Waals surface area contributed by atoms with Crippen molar-refractivity contribution in [3.63, 3.8) is 0 Å². The Bertz CT molecular complexity index is 795. The maximum Gasteiger partial charge on any atom is 0.263 e. The molecular formula is C16H20N2OS2. The number of hydrogen-bond acceptors (Lipinski definition) is 3. The molecule has 1 N–H and O–H groups in total. The summed E-state index contributed by atoms with van der Waals surface area (Å²) in [4.78, 5) is 18.6. The molecule has 2 aromatic heterocycles. The van der Waals surface area contributed by atoms with Crippen LogP contribution in [0.25, 0.3) is 10.2 Å². The van der Waals surface area contributed by atoms with Crippen molar-refractivity contribution in [2.24, 2.45) is 5.92 Å². The number of rotatable bonds is 3. The Hall–Kier alpha value is -0.940. The molecule has 2 aliphatic rings. The normalized spacial score (nSPS) is 18.7. The van der Waals surface area contributed by atoms with Crippen LogP contribution in [0.15, 0.2) is 4.79 Å². The Morgan fingerprint density at radius 3 is 2.81 bits per heavy atom. The standard InChI is InChI=1S/C16H20N2OS2/c19-15-13-11-6-1-2-7-12(11)21-14(13)17-16(20)18(15)9-8-10-4-3-5-10/h10H,1-9H2,(H,17,20). The number of fused-ring (bicyclic) bond motifs is 3. The van der Waals surface area contributed by atoms with Crippen LogP contribution in [0.1, 0.15) is 49.0 Å². The van der Waals surface area contributed by atoms with Gasteiger partial charge >= 0.3 is 0 Å². The predicted octanol–water partition coefficient (Wildman–Crippen LogP) is 4.19. The summed E-state index contributed by atoms with van der Waals surface area (Å²) in [5.41, 5.74) is 1.45. The molecule has 0 unspecified atom stereocenters. The first-order chi connectivity index (χ1) is 10.2. The number of aryl methyl sites for hydroxylation is 2. The lowest BCUT2D eigenvalue weighted by molar-refractivity contribution is 0.280. The second kappa shape index (κ2) is 5.36. The van der Waals surface area contributed by atoms with E-state index in [-0.39, 0.29) is 5.56 Å². The van der Waals surface area contributed by atoms with Gasteiger partial charge in [-0.1, -0.05) is 19.3 Å². The van der Waals surface area contributed by atoms with E-state index in [0.29, 0.717) is 4.77 Å². The summed E-state index contributed by atoms with van der Waals surface area (Å²) in [5, 5.41) is 0.928. The molecule has 5 heteroatoms. The third-order valence-corrected chi connectivity index (χ3v) is 6.61. The van der Waals surface area contributed by atoms with Crippen LogP contribution in [0.3, 0.4) is 0 Å². The molecule has 2 aliphatic carbocycles. The van der Waals surface area contributed by atoms with Crippen molar-refractivity contribution < 1.29 is 0 Å². The van der Waals surface area contributed by atoms with E-state index < -0.39 is 0 Å². The van der Waals surface area contributed by atoms with Crippen LogP contribution < -0.4 is 5.56 Å². The van der Waals surface area contributed by atoms with Gasteiger partial charge in [0.25, 0.3) is 5.56 Å². The SMILES string of the molecule is O=c1c2c3c(sc2[nH]c(=S)n1CCC1CCC1)CCCC3. The molecule has 1 fully saturated rings. The van der Waals surface area contributed by atoms with Crippen LogP contribution in [0.2, 0.25) is 0 Å². The molecule has 0 spiro atoms. The smallest absolute Gasteiger partial charge is 0.263 e. The Morgan fingerprint density at radius 2 is 2.05 bits per heavy atom. The molecule has 0 saturated heterocycles. The molecule has 1 saturated carbocycles. The second-order valence-electron chi connectivity index (χ2n) is 6.39. The summed E-state index contributed by atoms with van der Waals surface area (Å²) >= 11 is 7.17. The van der Waals surface area contributed by atoms with Crippen molar-refractivity contribution in [1.82, 2.24) is 9.55 Å². The zero-order valence-corrected chi connectivity index (χ0v) is 13.7. The largest absolute Gasteiger partial charge is 0.323 e. The van der Waals surface area contributed by atoms with Crippen molar-refractivity contribution >= 4 is 33.8 Å². The predicted molar refractivity (Wildman–Crippen MR) is 89.9 cm³/mol. The van der Waals surface area contributed by atoms with Crippen LogP contribution in [0.4, 0.5) is 0 Å². The van der Waals surface area contributed by atoms with Crippen LogP contribution in [-0.2, 0) is 19.4 Å². The summed E-state index contributed by atoms with van der Waals surface area (Å²) in [6.07, 6.45) is 9.71. The minimum absolute atomic E-state index is 0.146. The van der Waals surface area contributed by atoms with Gasteiger partial charge in [0.15, 0.2) is 4.77 Å². The molecule has 21 heavy (non-hydrogen) atoms. The van der Waals surface area contributed by atoms with Gasteiger partial charge in [-0.3, -0.25) is 9.36 Å². The highest BCUT2D eigenvalue weighted by Gasteiger charge is 2.21. The number of thiophene rings is 1. The summed E-state index contributed by atoms with van der Waals surface area (Å²) in [7, 11) is 0. The van der Waals surface area contributed by atoms with E-state index >= 15 is 0 Å². The molecule has 0 atom stereocenters. The van der Waals surface area contributed by atoms with Crippen LogP contribution in [0, 0.1) is 10.7 Å². The zero-order chi connectivity index (χ0) is 14.4. The highest BCUT2D eigenvalue weighted by molar-refractivity contribution is 7.71. The van der Waals surface area contributed by atoms with E-state index in [0.717, 1.165) is 41.9 Å². The van der Waals surface area contributed by atoms with Gasteiger partial charge in [0.05, 0.1) is 5.39 Å². The maximum atomic E-state index is 12.9. The Kier molecular flexibility index (Phi) is 3.50. The molecule has 0 aromatic carbocycles. The van der Waals surface area contributed by atoms with Crippen LogP contribution in [-0.4, -0.2) is 9.55 Å². The topological polar surface area (TPSA) is 37.8 Å². The molecular weight excluding hydrogens is 300 g/mol. The van der Waals surface area contributed by atoms with Gasteiger partial charge in [-0.05, 0) is 55.8 Å². The minimum Gasteiger partial charge on any atom is -0.323 e. The third-order valence-electron chi connectivity index (χ3n) is 5.08. The Labute approximate surface area is 133 Å². The fourth-order valence-corrected chi connectivity index (χ4v) is 5.19. The lowest BCUT2D eigenvalue weighted by Crippen LogP contribution is -2.25. The van der Waals surface area contributed by atoms with Crippen molar-refractivity contribution in [2.45, 2.75) is 57.9 Å². The van der Waals surface area contributed by atoms with Crippen molar-refractivity contribution in [3.8, 4) is 0 Å². The molecule has 112 valence electrons. The van der Waals surface area contributed by atoms with Gasteiger partial charge in [0.2, 0.25) is 0 Å². The first-order valence-electron chi connectivity index (χ1n) is 8.01. The van der Waals surface area contributed by atoms with E-state index in [1.54, 1.807) is 15.9 Å². The van der Waals surface area contributed by atoms with Gasteiger partial charge < -0.3 is 4.98 Å². The molecule has 4 rings (SSSR count). The third kappa shape index (κ3) is 2.30. The number of nitrogens with zero attached hydrogens (tertiary/aromatic N) is 1. The van der Waals surface area contributed by atoms with Crippen LogP contribution in [0.5, 0.6) is 0 Å². The van der Waals surface area contributed by atoms with Gasteiger partial charge in [-0.15, -0.1) is 11.3 Å². The van der Waals surface area contributed by atoms with E-state index in [9.17, 15) is 4.79 Å². The van der Waals surface area contributed by atoms with Gasteiger partial charge in [0, 0.05) is 11.4 Å². The Morgan fingerprint density at radius 1 is 1.24 bits per heavy atom. The maximum absolute atomic E-state index is 12.9. The Balaban J connectivity index is 1.79. The fourth-order valence-electron chi connectivity index (χ4n) is 3.57. The first kappa shape index (κ1) is 13.7. The highest BCUT2D eigenvalue weighted by atomic mass is 32.1. The molecule has 2 aromatic rings. The number of aromatic amines is 1. The van der Waals surface area contributed by atoms with Crippen molar-refractivity contribution in [1.29, 1.82) is 0 Å². The fraction of sp³-hybridized carbons (Fsp3) is 0.625. The number of H-pyrrole nitrogens is 1. The molecule has 0 aliphatic heterocycles. The lowest BCUT2D eigenvalue weighted by Gasteiger charge is -2.25. The average molecular weight is 320 g/mol. The summed E-state index contributed by atoms with van der Waals surface area (Å²) in [5.74, 6) is 0.804. The van der Waals surface area contributed by atoms with Gasteiger partial charge in [-0.25, -0.2) is 0 Å². The zero-order valence-electron chi connectivity index (χ0n) is 12.1.